The maximum Gasteiger partial charge on any atom is 0.163 e. The number of hydrogen-bond donors (Lipinski definition) is 1. The van der Waals surface area contributed by atoms with Crippen LogP contribution in [0.2, 0.25) is 0 Å². The summed E-state index contributed by atoms with van der Waals surface area (Å²) in [7, 11) is 3.68. The molecule has 1 aliphatic heterocycles. The van der Waals surface area contributed by atoms with Crippen LogP contribution in [0.25, 0.3) is 10.9 Å². The van der Waals surface area contributed by atoms with Crippen molar-refractivity contribution in [1.29, 1.82) is 0 Å². The first-order chi connectivity index (χ1) is 13.3. The lowest BCUT2D eigenvalue weighted by Crippen LogP contribution is -2.21. The highest BCUT2D eigenvalue weighted by Gasteiger charge is 2.20. The van der Waals surface area contributed by atoms with Gasteiger partial charge in [-0.1, -0.05) is 0 Å². The number of hydrogen-bond acceptors (Lipinski definition) is 5. The van der Waals surface area contributed by atoms with Gasteiger partial charge >= 0.3 is 0 Å². The SMILES string of the molecule is CNc1nc2cc(OCCCN3CCCC3)c(OC)cc2c2c1CCCC2. The molecule has 1 N–H and O–H groups in total. The Kier molecular flexibility index (Phi) is 5.67. The first-order valence-electron chi connectivity index (χ1n) is 10.4. The van der Waals surface area contributed by atoms with Crippen molar-refractivity contribution in [2.75, 3.05) is 45.7 Å². The van der Waals surface area contributed by atoms with Gasteiger partial charge in [0.25, 0.3) is 0 Å². The van der Waals surface area contributed by atoms with Gasteiger partial charge in [-0.25, -0.2) is 4.98 Å². The second-order valence-corrected chi connectivity index (χ2v) is 7.65. The molecule has 2 aliphatic rings. The van der Waals surface area contributed by atoms with Crippen LogP contribution in [0.15, 0.2) is 12.1 Å². The Hall–Kier alpha value is -2.01. The Morgan fingerprint density at radius 2 is 1.81 bits per heavy atom. The van der Waals surface area contributed by atoms with E-state index >= 15 is 0 Å². The molecule has 0 unspecified atom stereocenters. The minimum Gasteiger partial charge on any atom is -0.493 e. The van der Waals surface area contributed by atoms with Crippen molar-refractivity contribution in [1.82, 2.24) is 9.88 Å². The summed E-state index contributed by atoms with van der Waals surface area (Å²) in [6.07, 6.45) is 8.41. The van der Waals surface area contributed by atoms with Crippen molar-refractivity contribution in [2.24, 2.45) is 0 Å². The normalized spacial score (nSPS) is 17.1. The van der Waals surface area contributed by atoms with Crippen molar-refractivity contribution in [3.8, 4) is 11.5 Å². The van der Waals surface area contributed by atoms with Crippen molar-refractivity contribution in [2.45, 2.75) is 44.9 Å². The molecule has 0 atom stereocenters. The molecule has 1 aromatic carbocycles. The minimum atomic E-state index is 0.711. The first-order valence-corrected chi connectivity index (χ1v) is 10.4. The van der Waals surface area contributed by atoms with Crippen molar-refractivity contribution in [3.05, 3.63) is 23.3 Å². The second-order valence-electron chi connectivity index (χ2n) is 7.65. The average molecular weight is 370 g/mol. The number of ether oxygens (including phenoxy) is 2. The van der Waals surface area contributed by atoms with Crippen LogP contribution in [0.3, 0.4) is 0 Å². The lowest BCUT2D eigenvalue weighted by Gasteiger charge is -2.22. The number of likely N-dealkylation sites (tertiary alicyclic amines) is 1. The summed E-state index contributed by atoms with van der Waals surface area (Å²) in [5.41, 5.74) is 3.79. The van der Waals surface area contributed by atoms with Gasteiger partial charge in [0.15, 0.2) is 11.5 Å². The summed E-state index contributed by atoms with van der Waals surface area (Å²) in [4.78, 5) is 7.40. The fourth-order valence-corrected chi connectivity index (χ4v) is 4.49. The predicted octanol–water partition coefficient (Wildman–Crippen LogP) is 4.03. The molecule has 0 saturated carbocycles. The Morgan fingerprint density at radius 1 is 1.04 bits per heavy atom. The van der Waals surface area contributed by atoms with Crippen molar-refractivity contribution in [3.63, 3.8) is 0 Å². The third kappa shape index (κ3) is 3.84. The Balaban J connectivity index is 1.57. The van der Waals surface area contributed by atoms with Gasteiger partial charge in [0, 0.05) is 25.0 Å². The number of aromatic nitrogens is 1. The van der Waals surface area contributed by atoms with E-state index < -0.39 is 0 Å². The van der Waals surface area contributed by atoms with Crippen LogP contribution in [0.1, 0.15) is 43.2 Å². The summed E-state index contributed by atoms with van der Waals surface area (Å²) < 4.78 is 11.8. The summed E-state index contributed by atoms with van der Waals surface area (Å²) in [6.45, 7) is 4.30. The van der Waals surface area contributed by atoms with Crippen LogP contribution in [0.5, 0.6) is 11.5 Å². The lowest BCUT2D eigenvalue weighted by molar-refractivity contribution is 0.254. The molecule has 4 rings (SSSR count). The lowest BCUT2D eigenvalue weighted by atomic mass is 9.89. The topological polar surface area (TPSA) is 46.6 Å². The molecule has 1 saturated heterocycles. The second kappa shape index (κ2) is 8.34. The largest absolute Gasteiger partial charge is 0.493 e. The molecule has 0 amide bonds. The zero-order valence-electron chi connectivity index (χ0n) is 16.6. The number of nitrogens with one attached hydrogen (secondary N) is 1. The van der Waals surface area contributed by atoms with Crippen LogP contribution in [0.4, 0.5) is 5.82 Å². The molecular formula is C22H31N3O2. The maximum absolute atomic E-state index is 6.10. The smallest absolute Gasteiger partial charge is 0.163 e. The highest BCUT2D eigenvalue weighted by Crippen LogP contribution is 2.38. The van der Waals surface area contributed by atoms with E-state index in [9.17, 15) is 0 Å². The molecule has 0 radical (unpaired) electrons. The number of methoxy groups -OCH3 is 1. The Bertz CT molecular complexity index is 800. The summed E-state index contributed by atoms with van der Waals surface area (Å²) >= 11 is 0. The van der Waals surface area contributed by atoms with Crippen molar-refractivity contribution < 1.29 is 9.47 Å². The van der Waals surface area contributed by atoms with Gasteiger partial charge in [0.1, 0.15) is 5.82 Å². The fraction of sp³-hybridized carbons (Fsp3) is 0.591. The zero-order valence-corrected chi connectivity index (χ0v) is 16.6. The van der Waals surface area contributed by atoms with E-state index in [1.807, 2.05) is 7.05 Å². The van der Waals surface area contributed by atoms with E-state index in [1.165, 1.54) is 55.3 Å². The summed E-state index contributed by atoms with van der Waals surface area (Å²) in [6, 6.07) is 4.18. The number of fused-ring (bicyclic) bond motifs is 3. The van der Waals surface area contributed by atoms with Gasteiger partial charge in [0.2, 0.25) is 0 Å². The molecule has 5 heteroatoms. The monoisotopic (exact) mass is 369 g/mol. The third-order valence-electron chi connectivity index (χ3n) is 5.90. The predicted molar refractivity (Wildman–Crippen MR) is 110 cm³/mol. The van der Waals surface area contributed by atoms with Crippen LogP contribution < -0.4 is 14.8 Å². The van der Waals surface area contributed by atoms with Gasteiger partial charge in [-0.2, -0.15) is 0 Å². The van der Waals surface area contributed by atoms with Gasteiger partial charge in [0.05, 0.1) is 19.2 Å². The molecule has 2 heterocycles. The molecule has 1 aromatic heterocycles. The van der Waals surface area contributed by atoms with E-state index in [1.54, 1.807) is 7.11 Å². The van der Waals surface area contributed by atoms with Gasteiger partial charge in [-0.05, 0) is 75.2 Å². The summed E-state index contributed by atoms with van der Waals surface area (Å²) in [5.74, 6) is 2.63. The number of nitrogens with zero attached hydrogens (tertiary/aromatic N) is 2. The molecule has 0 spiro atoms. The van der Waals surface area contributed by atoms with E-state index in [4.69, 9.17) is 14.5 Å². The molecule has 5 nitrogen and oxygen atoms in total. The molecular weight excluding hydrogens is 338 g/mol. The molecule has 0 bridgehead atoms. The number of pyridine rings is 1. The van der Waals surface area contributed by atoms with Crippen LogP contribution in [-0.4, -0.2) is 50.3 Å². The van der Waals surface area contributed by atoms with Crippen LogP contribution in [0, 0.1) is 0 Å². The van der Waals surface area contributed by atoms with Crippen molar-refractivity contribution >= 4 is 16.7 Å². The zero-order chi connectivity index (χ0) is 18.6. The van der Waals surface area contributed by atoms with Crippen LogP contribution >= 0.6 is 0 Å². The molecule has 146 valence electrons. The minimum absolute atomic E-state index is 0.711. The van der Waals surface area contributed by atoms with Gasteiger partial charge < -0.3 is 19.7 Å². The van der Waals surface area contributed by atoms with E-state index in [2.05, 4.69) is 22.3 Å². The molecule has 1 aliphatic carbocycles. The van der Waals surface area contributed by atoms with E-state index in [0.717, 1.165) is 48.6 Å². The molecule has 2 aromatic rings. The average Bonchev–Trinajstić information content (AvgIpc) is 3.23. The third-order valence-corrected chi connectivity index (χ3v) is 5.90. The molecule has 1 fully saturated rings. The highest BCUT2D eigenvalue weighted by molar-refractivity contribution is 5.89. The highest BCUT2D eigenvalue weighted by atomic mass is 16.5. The van der Waals surface area contributed by atoms with Gasteiger partial charge in [-0.15, -0.1) is 0 Å². The Morgan fingerprint density at radius 3 is 2.56 bits per heavy atom. The number of rotatable bonds is 7. The number of aryl methyl sites for hydroxylation is 1. The van der Waals surface area contributed by atoms with Crippen LogP contribution in [-0.2, 0) is 12.8 Å². The molecule has 27 heavy (non-hydrogen) atoms. The van der Waals surface area contributed by atoms with Gasteiger partial charge in [-0.3, -0.25) is 0 Å². The quantitative estimate of drug-likeness (QED) is 0.747. The first kappa shape index (κ1) is 18.4. The fourth-order valence-electron chi connectivity index (χ4n) is 4.49. The Labute approximate surface area is 162 Å². The van der Waals surface area contributed by atoms with E-state index in [0.29, 0.717) is 6.61 Å². The number of benzene rings is 1. The summed E-state index contributed by atoms with van der Waals surface area (Å²) in [5, 5.41) is 4.50. The maximum atomic E-state index is 6.10. The standard InChI is InChI=1S/C22H31N3O2/c1-23-22-17-9-4-3-8-16(17)18-14-20(26-2)21(15-19(18)24-22)27-13-7-12-25-10-5-6-11-25/h14-15H,3-13H2,1-2H3,(H,23,24). The number of anilines is 1. The van der Waals surface area contributed by atoms with E-state index in [-0.39, 0.29) is 0 Å².